The lowest BCUT2D eigenvalue weighted by atomic mass is 10.1. The molecule has 1 aromatic carbocycles. The summed E-state index contributed by atoms with van der Waals surface area (Å²) in [7, 11) is 0. The fourth-order valence-electron chi connectivity index (χ4n) is 3.87. The van der Waals surface area contributed by atoms with E-state index in [4.69, 9.17) is 21.7 Å². The second kappa shape index (κ2) is 9.83. The highest BCUT2D eigenvalue weighted by Crippen LogP contribution is 2.36. The highest BCUT2D eigenvalue weighted by Gasteiger charge is 2.31. The molecule has 2 saturated heterocycles. The fraction of sp³-hybridized carbons (Fsp3) is 0.500. The van der Waals surface area contributed by atoms with Crippen molar-refractivity contribution in [1.29, 1.82) is 0 Å². The number of hydrogen-bond donors (Lipinski definition) is 0. The molecule has 0 saturated carbocycles. The molecule has 3 aliphatic rings. The van der Waals surface area contributed by atoms with Crippen LogP contribution in [-0.2, 0) is 9.59 Å². The van der Waals surface area contributed by atoms with E-state index in [1.165, 1.54) is 18.2 Å². The van der Waals surface area contributed by atoms with Crippen LogP contribution in [0.4, 0.5) is 0 Å². The predicted octanol–water partition coefficient (Wildman–Crippen LogP) is 4.19. The predicted molar refractivity (Wildman–Crippen MR) is 121 cm³/mol. The van der Waals surface area contributed by atoms with Crippen LogP contribution in [0.1, 0.15) is 50.5 Å². The smallest absolute Gasteiger partial charge is 0.266 e. The normalized spacial score (nSPS) is 19.8. The van der Waals surface area contributed by atoms with Gasteiger partial charge in [0.15, 0.2) is 11.5 Å². The number of carbonyl (C=O) groups is 2. The highest BCUT2D eigenvalue weighted by molar-refractivity contribution is 8.26. The summed E-state index contributed by atoms with van der Waals surface area (Å²) in [5.74, 6) is 1.64. The molecule has 4 rings (SSSR count). The second-order valence-electron chi connectivity index (χ2n) is 7.70. The molecule has 0 aliphatic carbocycles. The molecule has 0 atom stereocenters. The summed E-state index contributed by atoms with van der Waals surface area (Å²) in [5, 5.41) is 0. The minimum atomic E-state index is -0.0490. The van der Waals surface area contributed by atoms with Gasteiger partial charge < -0.3 is 14.4 Å². The van der Waals surface area contributed by atoms with Crippen molar-refractivity contribution in [3.8, 4) is 11.5 Å². The van der Waals surface area contributed by atoms with Gasteiger partial charge in [-0.25, -0.2) is 0 Å². The molecule has 1 aromatic rings. The molecule has 3 aliphatic heterocycles. The SMILES string of the molecule is O=C(CCCCCN1C(=O)C(=Cc2ccc3c(c2)OCO3)SC1=S)N1CCCCC1. The van der Waals surface area contributed by atoms with Gasteiger partial charge in [0.1, 0.15) is 4.32 Å². The number of thiocarbonyl (C=S) groups is 1. The molecular weight excluding hydrogens is 420 g/mol. The minimum Gasteiger partial charge on any atom is -0.454 e. The third-order valence-corrected chi connectivity index (χ3v) is 6.93. The number of fused-ring (bicyclic) bond motifs is 1. The molecule has 0 aromatic heterocycles. The first-order chi connectivity index (χ1) is 14.6. The van der Waals surface area contributed by atoms with Gasteiger partial charge in [-0.05, 0) is 55.9 Å². The van der Waals surface area contributed by atoms with Crippen molar-refractivity contribution in [1.82, 2.24) is 9.80 Å². The van der Waals surface area contributed by atoms with Gasteiger partial charge in [-0.15, -0.1) is 0 Å². The molecule has 8 heteroatoms. The van der Waals surface area contributed by atoms with E-state index in [1.807, 2.05) is 29.2 Å². The number of carbonyl (C=O) groups excluding carboxylic acids is 2. The quantitative estimate of drug-likeness (QED) is 0.356. The number of hydrogen-bond acceptors (Lipinski definition) is 6. The Labute approximate surface area is 186 Å². The number of nitrogens with zero attached hydrogens (tertiary/aromatic N) is 2. The van der Waals surface area contributed by atoms with Gasteiger partial charge in [0.05, 0.1) is 4.91 Å². The summed E-state index contributed by atoms with van der Waals surface area (Å²) in [6.07, 6.45) is 8.55. The Bertz CT molecular complexity index is 865. The van der Waals surface area contributed by atoms with Gasteiger partial charge in [-0.1, -0.05) is 36.5 Å². The molecule has 0 N–H and O–H groups in total. The number of likely N-dealkylation sites (tertiary alicyclic amines) is 1. The Hall–Kier alpha value is -2.06. The van der Waals surface area contributed by atoms with Crippen molar-refractivity contribution in [2.45, 2.75) is 44.9 Å². The fourth-order valence-corrected chi connectivity index (χ4v) is 5.18. The average molecular weight is 447 g/mol. The Balaban J connectivity index is 1.23. The van der Waals surface area contributed by atoms with Crippen LogP contribution < -0.4 is 9.47 Å². The molecule has 0 unspecified atom stereocenters. The monoisotopic (exact) mass is 446 g/mol. The van der Waals surface area contributed by atoms with Crippen molar-refractivity contribution >= 4 is 46.2 Å². The first-order valence-corrected chi connectivity index (χ1v) is 11.8. The standard InChI is InChI=1S/C22H26N2O4S2/c25-20(23-10-4-2-5-11-23)7-3-1-6-12-24-21(26)19(30-22(24)29)14-16-8-9-17-18(13-16)28-15-27-17/h8-9,13-14H,1-7,10-12,15H2. The van der Waals surface area contributed by atoms with E-state index < -0.39 is 0 Å². The molecule has 160 valence electrons. The van der Waals surface area contributed by atoms with E-state index in [-0.39, 0.29) is 18.6 Å². The number of benzene rings is 1. The molecule has 3 heterocycles. The summed E-state index contributed by atoms with van der Waals surface area (Å²) >= 11 is 6.75. The van der Waals surface area contributed by atoms with E-state index in [0.717, 1.165) is 56.5 Å². The summed E-state index contributed by atoms with van der Waals surface area (Å²) in [6.45, 7) is 2.64. The molecule has 0 spiro atoms. The van der Waals surface area contributed by atoms with Gasteiger partial charge in [0.25, 0.3) is 5.91 Å². The first kappa shape index (κ1) is 21.2. The van der Waals surface area contributed by atoms with E-state index in [1.54, 1.807) is 4.90 Å². The summed E-state index contributed by atoms with van der Waals surface area (Å²) < 4.78 is 11.3. The molecule has 0 radical (unpaired) electrons. The largest absolute Gasteiger partial charge is 0.454 e. The minimum absolute atomic E-state index is 0.0490. The van der Waals surface area contributed by atoms with E-state index in [2.05, 4.69) is 0 Å². The summed E-state index contributed by atoms with van der Waals surface area (Å²) in [6, 6.07) is 5.62. The zero-order chi connectivity index (χ0) is 20.9. The topological polar surface area (TPSA) is 59.1 Å². The number of piperidine rings is 1. The van der Waals surface area contributed by atoms with Crippen LogP contribution in [0.5, 0.6) is 11.5 Å². The van der Waals surface area contributed by atoms with Crippen LogP contribution in [0.3, 0.4) is 0 Å². The Morgan fingerprint density at radius 2 is 1.90 bits per heavy atom. The van der Waals surface area contributed by atoms with E-state index >= 15 is 0 Å². The summed E-state index contributed by atoms with van der Waals surface area (Å²) in [4.78, 5) is 29.3. The van der Waals surface area contributed by atoms with Gasteiger partial charge in [-0.2, -0.15) is 0 Å². The van der Waals surface area contributed by atoms with Gasteiger partial charge in [-0.3, -0.25) is 14.5 Å². The second-order valence-corrected chi connectivity index (χ2v) is 9.37. The van der Waals surface area contributed by atoms with Crippen LogP contribution in [0.25, 0.3) is 6.08 Å². The van der Waals surface area contributed by atoms with Crippen LogP contribution in [-0.4, -0.2) is 52.4 Å². The lowest BCUT2D eigenvalue weighted by Gasteiger charge is -2.26. The molecule has 2 amide bonds. The number of thioether (sulfide) groups is 1. The van der Waals surface area contributed by atoms with Crippen molar-refractivity contribution in [3.05, 3.63) is 28.7 Å². The van der Waals surface area contributed by atoms with Crippen molar-refractivity contribution in [2.75, 3.05) is 26.4 Å². The molecule has 30 heavy (non-hydrogen) atoms. The third-order valence-electron chi connectivity index (χ3n) is 5.55. The first-order valence-electron chi connectivity index (χ1n) is 10.5. The molecular formula is C22H26N2O4S2. The highest BCUT2D eigenvalue weighted by atomic mass is 32.2. The van der Waals surface area contributed by atoms with Crippen molar-refractivity contribution in [3.63, 3.8) is 0 Å². The Kier molecular flexibility index (Phi) is 6.94. The molecule has 2 fully saturated rings. The molecule has 0 bridgehead atoms. The van der Waals surface area contributed by atoms with Crippen LogP contribution >= 0.6 is 24.0 Å². The lowest BCUT2D eigenvalue weighted by Crippen LogP contribution is -2.35. The number of ether oxygens (including phenoxy) is 2. The van der Waals surface area contributed by atoms with Crippen molar-refractivity contribution < 1.29 is 19.1 Å². The van der Waals surface area contributed by atoms with Gasteiger partial charge >= 0.3 is 0 Å². The van der Waals surface area contributed by atoms with Crippen LogP contribution in [0.2, 0.25) is 0 Å². The van der Waals surface area contributed by atoms with Crippen molar-refractivity contribution in [2.24, 2.45) is 0 Å². The van der Waals surface area contributed by atoms with Crippen LogP contribution in [0.15, 0.2) is 23.1 Å². The number of rotatable bonds is 7. The van der Waals surface area contributed by atoms with Crippen LogP contribution in [0, 0.1) is 0 Å². The Morgan fingerprint density at radius 3 is 2.73 bits per heavy atom. The number of amides is 2. The third kappa shape index (κ3) is 4.98. The van der Waals surface area contributed by atoms with E-state index in [9.17, 15) is 9.59 Å². The maximum Gasteiger partial charge on any atom is 0.266 e. The Morgan fingerprint density at radius 1 is 1.10 bits per heavy atom. The maximum absolute atomic E-state index is 12.8. The molecule has 6 nitrogen and oxygen atoms in total. The van der Waals surface area contributed by atoms with E-state index in [0.29, 0.717) is 27.9 Å². The summed E-state index contributed by atoms with van der Waals surface area (Å²) in [5.41, 5.74) is 0.885. The van der Waals surface area contributed by atoms with Gasteiger partial charge in [0.2, 0.25) is 12.7 Å². The lowest BCUT2D eigenvalue weighted by molar-refractivity contribution is -0.132. The zero-order valence-electron chi connectivity index (χ0n) is 16.9. The van der Waals surface area contributed by atoms with Gasteiger partial charge in [0, 0.05) is 26.1 Å². The zero-order valence-corrected chi connectivity index (χ0v) is 18.6. The number of unbranched alkanes of at least 4 members (excludes halogenated alkanes) is 2. The average Bonchev–Trinajstić information content (AvgIpc) is 3.33. The maximum atomic E-state index is 12.8.